The van der Waals surface area contributed by atoms with E-state index in [9.17, 15) is 9.59 Å². The summed E-state index contributed by atoms with van der Waals surface area (Å²) < 4.78 is 22.6. The smallest absolute Gasteiger partial charge is 0.339 e. The van der Waals surface area contributed by atoms with Gasteiger partial charge in [-0.1, -0.05) is 0 Å². The van der Waals surface area contributed by atoms with Crippen LogP contribution in [0.25, 0.3) is 0 Å². The molecular weight excluding hydrogens is 366 g/mol. The molecule has 1 amide bonds. The van der Waals surface area contributed by atoms with E-state index in [1.54, 1.807) is 18.7 Å². The Balaban J connectivity index is 2.16. The van der Waals surface area contributed by atoms with Crippen molar-refractivity contribution in [3.8, 4) is 17.2 Å². The van der Waals surface area contributed by atoms with Gasteiger partial charge in [0.1, 0.15) is 0 Å². The number of anilines is 1. The van der Waals surface area contributed by atoms with Crippen LogP contribution in [0.1, 0.15) is 28.7 Å². The Morgan fingerprint density at radius 1 is 1.07 bits per heavy atom. The van der Waals surface area contributed by atoms with E-state index in [1.165, 1.54) is 40.4 Å². The molecule has 1 heterocycles. The highest BCUT2D eigenvalue weighted by Crippen LogP contribution is 2.38. The molecule has 0 aliphatic heterocycles. The molecule has 0 aliphatic carbocycles. The summed E-state index contributed by atoms with van der Waals surface area (Å²) in [7, 11) is 6.14. The Labute approximate surface area is 163 Å². The van der Waals surface area contributed by atoms with E-state index < -0.39 is 18.0 Å². The summed E-state index contributed by atoms with van der Waals surface area (Å²) in [6, 6.07) is 2.92. The molecule has 0 aliphatic rings. The first kappa shape index (κ1) is 21.1. The maximum atomic E-state index is 12.5. The molecule has 1 atom stereocenters. The van der Waals surface area contributed by atoms with Crippen LogP contribution >= 0.6 is 0 Å². The Hall–Kier alpha value is -3.23. The van der Waals surface area contributed by atoms with Gasteiger partial charge in [-0.2, -0.15) is 5.10 Å². The van der Waals surface area contributed by atoms with Crippen molar-refractivity contribution >= 4 is 17.6 Å². The molecule has 0 fully saturated rings. The fourth-order valence-corrected chi connectivity index (χ4v) is 2.66. The molecule has 0 radical (unpaired) electrons. The number of nitrogens with one attached hydrogen (secondary N) is 1. The highest BCUT2D eigenvalue weighted by atomic mass is 16.5. The number of aromatic nitrogens is 2. The van der Waals surface area contributed by atoms with Crippen LogP contribution < -0.4 is 19.5 Å². The van der Waals surface area contributed by atoms with Crippen LogP contribution in [0.2, 0.25) is 0 Å². The normalized spacial score (nSPS) is 11.5. The number of esters is 1. The van der Waals surface area contributed by atoms with Crippen LogP contribution in [-0.2, 0) is 16.6 Å². The molecule has 0 saturated carbocycles. The van der Waals surface area contributed by atoms with E-state index >= 15 is 0 Å². The predicted octanol–water partition coefficient (Wildman–Crippen LogP) is 2.25. The second kappa shape index (κ2) is 8.64. The lowest BCUT2D eigenvalue weighted by molar-refractivity contribution is -0.123. The van der Waals surface area contributed by atoms with Gasteiger partial charge in [-0.05, 0) is 32.9 Å². The second-order valence-corrected chi connectivity index (χ2v) is 6.12. The topological polar surface area (TPSA) is 101 Å². The number of hydrogen-bond acceptors (Lipinski definition) is 7. The van der Waals surface area contributed by atoms with E-state index in [1.807, 2.05) is 6.92 Å². The molecule has 152 valence electrons. The molecule has 0 bridgehead atoms. The van der Waals surface area contributed by atoms with Crippen molar-refractivity contribution in [2.45, 2.75) is 26.9 Å². The minimum absolute atomic E-state index is 0.169. The van der Waals surface area contributed by atoms with Crippen molar-refractivity contribution in [1.82, 2.24) is 9.78 Å². The average molecular weight is 391 g/mol. The minimum Gasteiger partial charge on any atom is -0.493 e. The van der Waals surface area contributed by atoms with E-state index in [0.717, 1.165) is 5.69 Å². The number of aryl methyl sites for hydroxylation is 2. The molecule has 1 aromatic heterocycles. The van der Waals surface area contributed by atoms with Crippen molar-refractivity contribution in [2.24, 2.45) is 7.05 Å². The van der Waals surface area contributed by atoms with Gasteiger partial charge < -0.3 is 24.3 Å². The van der Waals surface area contributed by atoms with E-state index in [2.05, 4.69) is 10.4 Å². The van der Waals surface area contributed by atoms with Crippen molar-refractivity contribution in [2.75, 3.05) is 26.6 Å². The Kier molecular flexibility index (Phi) is 6.50. The molecule has 0 spiro atoms. The van der Waals surface area contributed by atoms with Crippen LogP contribution in [0.5, 0.6) is 17.2 Å². The zero-order valence-corrected chi connectivity index (χ0v) is 17.1. The van der Waals surface area contributed by atoms with Crippen LogP contribution in [0.3, 0.4) is 0 Å². The van der Waals surface area contributed by atoms with E-state index in [-0.39, 0.29) is 5.56 Å². The number of carbonyl (C=O) groups is 2. The molecule has 1 aromatic carbocycles. The van der Waals surface area contributed by atoms with Gasteiger partial charge in [-0.15, -0.1) is 0 Å². The lowest BCUT2D eigenvalue weighted by Crippen LogP contribution is -2.30. The number of rotatable bonds is 7. The monoisotopic (exact) mass is 391 g/mol. The second-order valence-electron chi connectivity index (χ2n) is 6.12. The molecule has 28 heavy (non-hydrogen) atoms. The van der Waals surface area contributed by atoms with Gasteiger partial charge >= 0.3 is 5.97 Å². The molecule has 0 saturated heterocycles. The number of nitrogens with zero attached hydrogens (tertiary/aromatic N) is 2. The first-order chi connectivity index (χ1) is 13.2. The third-order valence-electron chi connectivity index (χ3n) is 4.31. The van der Waals surface area contributed by atoms with Crippen LogP contribution in [0.15, 0.2) is 12.1 Å². The Morgan fingerprint density at radius 3 is 2.07 bits per heavy atom. The van der Waals surface area contributed by atoms with E-state index in [4.69, 9.17) is 18.9 Å². The van der Waals surface area contributed by atoms with Gasteiger partial charge in [0.05, 0.1) is 44.0 Å². The van der Waals surface area contributed by atoms with Gasteiger partial charge in [-0.25, -0.2) is 4.79 Å². The number of amides is 1. The summed E-state index contributed by atoms with van der Waals surface area (Å²) in [4.78, 5) is 25.0. The zero-order valence-electron chi connectivity index (χ0n) is 17.1. The molecule has 9 nitrogen and oxygen atoms in total. The quantitative estimate of drug-likeness (QED) is 0.723. The summed E-state index contributed by atoms with van der Waals surface area (Å²) in [5.74, 6) is -0.170. The summed E-state index contributed by atoms with van der Waals surface area (Å²) in [5.41, 5.74) is 2.25. The van der Waals surface area contributed by atoms with Crippen LogP contribution in [0.4, 0.5) is 5.69 Å². The SMILES string of the molecule is COc1cc(C(=O)O[C@H](C)C(=O)Nc2c(C)nn(C)c2C)cc(OC)c1OC. The lowest BCUT2D eigenvalue weighted by Gasteiger charge is -2.16. The number of carbonyl (C=O) groups excluding carboxylic acids is 2. The Bertz CT molecular complexity index is 865. The number of methoxy groups -OCH3 is 3. The summed E-state index contributed by atoms with van der Waals surface area (Å²) >= 11 is 0. The number of ether oxygens (including phenoxy) is 4. The molecular formula is C19H25N3O6. The summed E-state index contributed by atoms with van der Waals surface area (Å²) in [6.45, 7) is 5.11. The molecule has 2 aromatic rings. The van der Waals surface area contributed by atoms with Crippen LogP contribution in [0, 0.1) is 13.8 Å². The average Bonchev–Trinajstić information content (AvgIpc) is 2.92. The predicted molar refractivity (Wildman–Crippen MR) is 102 cm³/mol. The summed E-state index contributed by atoms with van der Waals surface area (Å²) in [5, 5.41) is 6.99. The van der Waals surface area contributed by atoms with Gasteiger partial charge in [0, 0.05) is 7.05 Å². The fraction of sp³-hybridized carbons (Fsp3) is 0.421. The van der Waals surface area contributed by atoms with Crippen molar-refractivity contribution in [3.63, 3.8) is 0 Å². The van der Waals surface area contributed by atoms with Crippen molar-refractivity contribution in [3.05, 3.63) is 29.1 Å². The largest absolute Gasteiger partial charge is 0.493 e. The molecule has 0 unspecified atom stereocenters. The van der Waals surface area contributed by atoms with E-state index in [0.29, 0.717) is 28.6 Å². The van der Waals surface area contributed by atoms with Crippen LogP contribution in [-0.4, -0.2) is 49.1 Å². The molecule has 1 N–H and O–H groups in total. The highest BCUT2D eigenvalue weighted by molar-refractivity contribution is 5.98. The third-order valence-corrected chi connectivity index (χ3v) is 4.31. The van der Waals surface area contributed by atoms with Gasteiger partial charge in [0.2, 0.25) is 5.75 Å². The maximum Gasteiger partial charge on any atom is 0.339 e. The third kappa shape index (κ3) is 4.19. The van der Waals surface area contributed by atoms with Gasteiger partial charge in [0.15, 0.2) is 17.6 Å². The van der Waals surface area contributed by atoms with Crippen molar-refractivity contribution < 1.29 is 28.5 Å². The highest BCUT2D eigenvalue weighted by Gasteiger charge is 2.23. The molecule has 2 rings (SSSR count). The van der Waals surface area contributed by atoms with Gasteiger partial charge in [-0.3, -0.25) is 9.48 Å². The first-order valence-electron chi connectivity index (χ1n) is 8.55. The Morgan fingerprint density at radius 2 is 1.64 bits per heavy atom. The maximum absolute atomic E-state index is 12.5. The minimum atomic E-state index is -1.02. The number of benzene rings is 1. The molecule has 9 heteroatoms. The summed E-state index contributed by atoms with van der Waals surface area (Å²) in [6.07, 6.45) is -1.02. The fourth-order valence-electron chi connectivity index (χ4n) is 2.66. The standard InChI is InChI=1S/C19H25N3O6/c1-10-16(11(2)22(4)21-10)20-18(23)12(3)28-19(24)13-8-14(25-5)17(27-7)15(9-13)26-6/h8-9,12H,1-7H3,(H,20,23)/t12-/m1/s1. The zero-order chi connectivity index (χ0) is 21.0. The van der Waals surface area contributed by atoms with Gasteiger partial charge in [0.25, 0.3) is 5.91 Å². The lowest BCUT2D eigenvalue weighted by atomic mass is 10.2. The first-order valence-corrected chi connectivity index (χ1v) is 8.55. The number of hydrogen-bond donors (Lipinski definition) is 1. The van der Waals surface area contributed by atoms with Crippen molar-refractivity contribution in [1.29, 1.82) is 0 Å².